The van der Waals surface area contributed by atoms with Gasteiger partial charge in [-0.2, -0.15) is 0 Å². The molecule has 8 nitrogen and oxygen atoms in total. The Morgan fingerprint density at radius 2 is 0.932 bits per heavy atom. The average molecular weight is 601 g/mol. The van der Waals surface area contributed by atoms with Crippen LogP contribution in [0.15, 0.2) is 66.7 Å². The van der Waals surface area contributed by atoms with Crippen molar-refractivity contribution in [3.05, 3.63) is 94.5 Å². The molecule has 0 N–H and O–H groups in total. The molecule has 5 rings (SSSR count). The van der Waals surface area contributed by atoms with E-state index in [4.69, 9.17) is 37.9 Å². The van der Waals surface area contributed by atoms with Crippen molar-refractivity contribution in [2.24, 2.45) is 0 Å². The van der Waals surface area contributed by atoms with Gasteiger partial charge in [-0.3, -0.25) is 0 Å². The van der Waals surface area contributed by atoms with Gasteiger partial charge in [0, 0.05) is 47.2 Å². The zero-order valence-electron chi connectivity index (χ0n) is 26.6. The first-order chi connectivity index (χ1) is 21.4. The first-order valence-corrected chi connectivity index (χ1v) is 14.3. The van der Waals surface area contributed by atoms with E-state index < -0.39 is 0 Å². The fourth-order valence-electron chi connectivity index (χ4n) is 6.54. The van der Waals surface area contributed by atoms with Gasteiger partial charge < -0.3 is 37.9 Å². The van der Waals surface area contributed by atoms with Crippen molar-refractivity contribution < 1.29 is 37.9 Å². The summed E-state index contributed by atoms with van der Waals surface area (Å²) >= 11 is 0. The van der Waals surface area contributed by atoms with Crippen molar-refractivity contribution in [1.29, 1.82) is 0 Å². The third-order valence-electron chi connectivity index (χ3n) is 8.57. The van der Waals surface area contributed by atoms with Crippen molar-refractivity contribution in [1.82, 2.24) is 0 Å². The fourth-order valence-corrected chi connectivity index (χ4v) is 6.54. The summed E-state index contributed by atoms with van der Waals surface area (Å²) in [5.41, 5.74) is 5.24. The van der Waals surface area contributed by atoms with E-state index in [0.717, 1.165) is 50.8 Å². The lowest BCUT2D eigenvalue weighted by molar-refractivity contribution is 0.354. The maximum atomic E-state index is 6.08. The molecule has 0 saturated carbocycles. The molecule has 0 fully saturated rings. The number of fused-ring (bicyclic) bond motifs is 1. The lowest BCUT2D eigenvalue weighted by atomic mass is 9.62. The highest BCUT2D eigenvalue weighted by atomic mass is 16.5. The van der Waals surface area contributed by atoms with Crippen LogP contribution in [0.5, 0.6) is 46.0 Å². The Labute approximate surface area is 259 Å². The molecule has 232 valence electrons. The van der Waals surface area contributed by atoms with Gasteiger partial charge in [0.25, 0.3) is 0 Å². The first-order valence-electron chi connectivity index (χ1n) is 14.3. The van der Waals surface area contributed by atoms with Crippen LogP contribution in [0.2, 0.25) is 0 Å². The molecular weight excluding hydrogens is 560 g/mol. The number of rotatable bonds is 11. The van der Waals surface area contributed by atoms with E-state index in [0.29, 0.717) is 29.4 Å². The van der Waals surface area contributed by atoms with Gasteiger partial charge >= 0.3 is 0 Å². The minimum Gasteiger partial charge on any atom is -0.497 e. The van der Waals surface area contributed by atoms with Crippen LogP contribution in [-0.2, 0) is 6.42 Å². The van der Waals surface area contributed by atoms with E-state index >= 15 is 0 Å². The van der Waals surface area contributed by atoms with E-state index in [1.807, 2.05) is 36.4 Å². The number of hydrogen-bond donors (Lipinski definition) is 0. The standard InChI is InChI=1S/C36H40O8/c1-37-23-9-11-28(31(18-23)42-6)30-16-22-15-27(41-5)20-33(44-8)35(22)36(29-12-10-24(38-2)19-32(29)43-7)34(30)21-13-25(39-3)17-26(14-21)40-4/h9-15,17-20,30,34,36H,16H2,1-8H3/t30-,34+,36+/m1/s1. The van der Waals surface area contributed by atoms with E-state index in [1.165, 1.54) is 0 Å². The second kappa shape index (κ2) is 13.3. The van der Waals surface area contributed by atoms with E-state index in [2.05, 4.69) is 30.3 Å². The molecule has 3 atom stereocenters. The lowest BCUT2D eigenvalue weighted by Gasteiger charge is -2.42. The van der Waals surface area contributed by atoms with Gasteiger partial charge in [0.05, 0.1) is 56.9 Å². The molecule has 8 heteroatoms. The summed E-state index contributed by atoms with van der Waals surface area (Å²) in [4.78, 5) is 0. The Morgan fingerprint density at radius 3 is 1.45 bits per heavy atom. The zero-order valence-corrected chi connectivity index (χ0v) is 26.6. The summed E-state index contributed by atoms with van der Waals surface area (Å²) in [7, 11) is 13.4. The smallest absolute Gasteiger partial charge is 0.126 e. The minimum absolute atomic E-state index is 0.0613. The van der Waals surface area contributed by atoms with Crippen LogP contribution in [0.4, 0.5) is 0 Å². The van der Waals surface area contributed by atoms with Crippen LogP contribution in [0.1, 0.15) is 45.6 Å². The van der Waals surface area contributed by atoms with Crippen LogP contribution < -0.4 is 37.9 Å². The van der Waals surface area contributed by atoms with Gasteiger partial charge in [0.1, 0.15) is 46.0 Å². The number of methoxy groups -OCH3 is 8. The molecule has 0 spiro atoms. The van der Waals surface area contributed by atoms with Gasteiger partial charge in [0.15, 0.2) is 0 Å². The number of ether oxygens (including phenoxy) is 8. The Bertz CT molecular complexity index is 1590. The van der Waals surface area contributed by atoms with Gasteiger partial charge in [0.2, 0.25) is 0 Å². The molecule has 0 radical (unpaired) electrons. The van der Waals surface area contributed by atoms with Crippen LogP contribution in [-0.4, -0.2) is 56.9 Å². The molecule has 0 heterocycles. The number of benzene rings is 4. The fraction of sp³-hybridized carbons (Fsp3) is 0.333. The van der Waals surface area contributed by atoms with E-state index in [9.17, 15) is 0 Å². The van der Waals surface area contributed by atoms with Gasteiger partial charge in [-0.25, -0.2) is 0 Å². The van der Waals surface area contributed by atoms with E-state index in [-0.39, 0.29) is 17.8 Å². The zero-order chi connectivity index (χ0) is 31.4. The van der Waals surface area contributed by atoms with Crippen LogP contribution in [0, 0.1) is 0 Å². The third kappa shape index (κ3) is 5.64. The molecule has 4 aromatic rings. The second-order valence-electron chi connectivity index (χ2n) is 10.6. The molecule has 0 aromatic heterocycles. The summed E-state index contributed by atoms with van der Waals surface area (Å²) in [6.07, 6.45) is 0.685. The average Bonchev–Trinajstić information content (AvgIpc) is 3.09. The molecule has 0 unspecified atom stereocenters. The maximum Gasteiger partial charge on any atom is 0.126 e. The molecule has 1 aliphatic carbocycles. The van der Waals surface area contributed by atoms with Crippen molar-refractivity contribution in [3.8, 4) is 46.0 Å². The van der Waals surface area contributed by atoms with E-state index in [1.54, 1.807) is 56.9 Å². The Hall–Kier alpha value is -4.72. The van der Waals surface area contributed by atoms with Crippen molar-refractivity contribution >= 4 is 0 Å². The van der Waals surface area contributed by atoms with Crippen molar-refractivity contribution in [2.45, 2.75) is 24.2 Å². The van der Waals surface area contributed by atoms with Crippen LogP contribution in [0.3, 0.4) is 0 Å². The van der Waals surface area contributed by atoms with Crippen molar-refractivity contribution in [3.63, 3.8) is 0 Å². The molecule has 0 aliphatic heterocycles. The van der Waals surface area contributed by atoms with Gasteiger partial charge in [-0.15, -0.1) is 0 Å². The first kappa shape index (κ1) is 30.7. The summed E-state index contributed by atoms with van der Waals surface area (Å²) in [5, 5.41) is 0. The number of hydrogen-bond acceptors (Lipinski definition) is 8. The normalized spacial score (nSPS) is 17.2. The molecular formula is C36H40O8. The molecule has 44 heavy (non-hydrogen) atoms. The quantitative estimate of drug-likeness (QED) is 0.182. The van der Waals surface area contributed by atoms with Crippen LogP contribution in [0.25, 0.3) is 0 Å². The Balaban J connectivity index is 1.90. The lowest BCUT2D eigenvalue weighted by Crippen LogP contribution is -2.29. The van der Waals surface area contributed by atoms with Gasteiger partial charge in [-0.1, -0.05) is 12.1 Å². The van der Waals surface area contributed by atoms with Crippen molar-refractivity contribution in [2.75, 3.05) is 56.9 Å². The maximum absolute atomic E-state index is 6.08. The monoisotopic (exact) mass is 600 g/mol. The second-order valence-corrected chi connectivity index (χ2v) is 10.6. The third-order valence-corrected chi connectivity index (χ3v) is 8.57. The predicted octanol–water partition coefficient (Wildman–Crippen LogP) is 7.01. The molecule has 4 aromatic carbocycles. The SMILES string of the molecule is COc1cc(OC)cc([C@@H]2[C@H](c3ccc(OC)cc3OC)c3c(cc(OC)cc3OC)C[C@@H]2c2ccc(OC)cc2OC)c1. The summed E-state index contributed by atoms with van der Waals surface area (Å²) in [6, 6.07) is 22.1. The molecule has 1 aliphatic rings. The molecule has 0 saturated heterocycles. The highest BCUT2D eigenvalue weighted by molar-refractivity contribution is 5.61. The van der Waals surface area contributed by atoms with Crippen LogP contribution >= 0.6 is 0 Å². The highest BCUT2D eigenvalue weighted by Gasteiger charge is 2.44. The summed E-state index contributed by atoms with van der Waals surface area (Å²) in [6.45, 7) is 0. The Kier molecular flexibility index (Phi) is 9.28. The predicted molar refractivity (Wildman–Crippen MR) is 169 cm³/mol. The topological polar surface area (TPSA) is 73.8 Å². The molecule has 0 bridgehead atoms. The highest BCUT2D eigenvalue weighted by Crippen LogP contribution is 2.59. The van der Waals surface area contributed by atoms with Gasteiger partial charge in [-0.05, 0) is 59.4 Å². The summed E-state index contributed by atoms with van der Waals surface area (Å²) in [5.74, 6) is 5.31. The largest absolute Gasteiger partial charge is 0.497 e. The summed E-state index contributed by atoms with van der Waals surface area (Å²) < 4.78 is 46.5. The molecule has 0 amide bonds. The Morgan fingerprint density at radius 1 is 0.455 bits per heavy atom. The minimum atomic E-state index is -0.228.